The number of nitrogens with zero attached hydrogens (tertiary/aromatic N) is 1. The summed E-state index contributed by atoms with van der Waals surface area (Å²) < 4.78 is 12.6. The Morgan fingerprint density at radius 1 is 1.27 bits per heavy atom. The van der Waals surface area contributed by atoms with Crippen LogP contribution in [0.25, 0.3) is 10.9 Å². The van der Waals surface area contributed by atoms with E-state index in [1.54, 1.807) is 24.3 Å². The third-order valence-electron chi connectivity index (χ3n) is 3.26. The highest BCUT2D eigenvalue weighted by Crippen LogP contribution is 2.38. The lowest BCUT2D eigenvalue weighted by molar-refractivity contribution is -0.139. The number of benzene rings is 1. The maximum absolute atomic E-state index is 11.7. The molecule has 0 radical (unpaired) electrons. The molecule has 0 amide bonds. The summed E-state index contributed by atoms with van der Waals surface area (Å²) in [4.78, 5) is 34.6. The van der Waals surface area contributed by atoms with Crippen LogP contribution in [-0.4, -0.2) is 38.1 Å². The molecule has 8 nitrogen and oxygen atoms in total. The molecule has 1 aromatic carbocycles. The van der Waals surface area contributed by atoms with Crippen molar-refractivity contribution in [2.24, 2.45) is 0 Å². The molecule has 0 aliphatic heterocycles. The molecule has 22 heavy (non-hydrogen) atoms. The highest BCUT2D eigenvalue weighted by molar-refractivity contribution is 7.40. The molecule has 0 aliphatic carbocycles. The molecule has 0 bridgehead atoms. The number of aliphatic carboxylic acids is 2. The summed E-state index contributed by atoms with van der Waals surface area (Å²) in [5, 5.41) is 18.6. The van der Waals surface area contributed by atoms with Crippen LogP contribution in [0.15, 0.2) is 30.5 Å². The smallest absolute Gasteiger partial charge is 0.326 e. The van der Waals surface area contributed by atoms with Crippen molar-refractivity contribution in [1.29, 1.82) is 0 Å². The van der Waals surface area contributed by atoms with Gasteiger partial charge < -0.3 is 20.1 Å². The minimum atomic E-state index is -3.39. The summed E-state index contributed by atoms with van der Waals surface area (Å²) in [6.07, 6.45) is 0.756. The Morgan fingerprint density at radius 2 is 1.95 bits per heavy atom. The zero-order valence-corrected chi connectivity index (χ0v) is 12.4. The third-order valence-corrected chi connectivity index (χ3v) is 4.23. The van der Waals surface area contributed by atoms with Crippen molar-refractivity contribution in [2.75, 3.05) is 4.67 Å². The molecule has 4 N–H and O–H groups in total. The number of carbonyl (C=O) groups is 2. The van der Waals surface area contributed by atoms with Crippen molar-refractivity contribution in [3.63, 3.8) is 0 Å². The zero-order chi connectivity index (χ0) is 16.3. The molecule has 2 atom stereocenters. The molecule has 2 aromatic rings. The second kappa shape index (κ2) is 6.64. The van der Waals surface area contributed by atoms with E-state index in [1.165, 1.54) is 6.20 Å². The summed E-state index contributed by atoms with van der Waals surface area (Å²) in [5.74, 6) is -2.51. The van der Waals surface area contributed by atoms with Gasteiger partial charge in [0, 0.05) is 23.5 Å². The van der Waals surface area contributed by atoms with Crippen LogP contribution in [0.1, 0.15) is 12.8 Å². The van der Waals surface area contributed by atoms with E-state index < -0.39 is 32.6 Å². The summed E-state index contributed by atoms with van der Waals surface area (Å²) >= 11 is 0. The highest BCUT2D eigenvalue weighted by atomic mass is 31.1. The number of nitrogens with one attached hydrogen (secondary N) is 1. The van der Waals surface area contributed by atoms with Gasteiger partial charge in [-0.2, -0.15) is 0 Å². The first kappa shape index (κ1) is 16.1. The van der Waals surface area contributed by atoms with Crippen LogP contribution in [-0.2, 0) is 14.2 Å². The maximum Gasteiger partial charge on any atom is 0.326 e. The standard InChI is InChI=1S/C13H15N2O6P/c16-12(17)6-5-10(13(18)19)15(22(20)21)11-7-14-9-4-2-1-3-8(9)11/h1-4,7,10,14,22H,5-6H2,(H,16,17)(H,18,19)(H,20,21). The van der Waals surface area contributed by atoms with E-state index in [2.05, 4.69) is 4.98 Å². The van der Waals surface area contributed by atoms with Crippen molar-refractivity contribution < 1.29 is 29.3 Å². The normalized spacial score (nSPS) is 13.7. The van der Waals surface area contributed by atoms with Gasteiger partial charge in [0.2, 0.25) is 0 Å². The quantitative estimate of drug-likeness (QED) is 0.569. The van der Waals surface area contributed by atoms with Crippen molar-refractivity contribution in [2.45, 2.75) is 18.9 Å². The topological polar surface area (TPSA) is 131 Å². The zero-order valence-electron chi connectivity index (χ0n) is 11.4. The summed E-state index contributed by atoms with van der Waals surface area (Å²) in [6.45, 7) is 0. The number of H-pyrrole nitrogens is 1. The number of carboxylic acids is 2. The van der Waals surface area contributed by atoms with Gasteiger partial charge in [-0.3, -0.25) is 14.0 Å². The molecule has 0 saturated carbocycles. The average Bonchev–Trinajstić information content (AvgIpc) is 2.86. The van der Waals surface area contributed by atoms with Crippen LogP contribution in [0, 0.1) is 0 Å². The molecular formula is C13H15N2O6P. The summed E-state index contributed by atoms with van der Waals surface area (Å²) in [7, 11) is -3.39. The van der Waals surface area contributed by atoms with Crippen LogP contribution in [0.5, 0.6) is 0 Å². The fraction of sp³-hybridized carbons (Fsp3) is 0.231. The van der Waals surface area contributed by atoms with Crippen LogP contribution in [0.2, 0.25) is 0 Å². The number of rotatable bonds is 7. The lowest BCUT2D eigenvalue weighted by atomic mass is 10.1. The Balaban J connectivity index is 2.45. The molecular weight excluding hydrogens is 311 g/mol. The molecule has 118 valence electrons. The van der Waals surface area contributed by atoms with Gasteiger partial charge in [0.15, 0.2) is 0 Å². The minimum absolute atomic E-state index is 0.264. The van der Waals surface area contributed by atoms with Gasteiger partial charge in [-0.25, -0.2) is 4.79 Å². The van der Waals surface area contributed by atoms with E-state index in [0.717, 1.165) is 4.67 Å². The molecule has 2 unspecified atom stereocenters. The number of aromatic amines is 1. The van der Waals surface area contributed by atoms with E-state index in [9.17, 15) is 24.2 Å². The van der Waals surface area contributed by atoms with Crippen molar-refractivity contribution in [3.8, 4) is 0 Å². The maximum atomic E-state index is 11.7. The van der Waals surface area contributed by atoms with Gasteiger partial charge >= 0.3 is 11.9 Å². The number of aromatic nitrogens is 1. The van der Waals surface area contributed by atoms with E-state index in [-0.39, 0.29) is 12.1 Å². The number of hydrogen-bond acceptors (Lipinski definition) is 3. The molecule has 0 aliphatic rings. The first-order chi connectivity index (χ1) is 10.4. The lowest BCUT2D eigenvalue weighted by Crippen LogP contribution is -2.37. The molecule has 9 heteroatoms. The van der Waals surface area contributed by atoms with Gasteiger partial charge in [0.25, 0.3) is 8.18 Å². The van der Waals surface area contributed by atoms with Crippen molar-refractivity contribution >= 4 is 36.7 Å². The van der Waals surface area contributed by atoms with Crippen LogP contribution in [0.4, 0.5) is 5.69 Å². The van der Waals surface area contributed by atoms with E-state index >= 15 is 0 Å². The van der Waals surface area contributed by atoms with Crippen LogP contribution in [0.3, 0.4) is 0 Å². The fourth-order valence-electron chi connectivity index (χ4n) is 2.28. The predicted molar refractivity (Wildman–Crippen MR) is 80.3 cm³/mol. The number of para-hydroxylation sites is 1. The van der Waals surface area contributed by atoms with Crippen LogP contribution >= 0.6 is 8.18 Å². The van der Waals surface area contributed by atoms with Gasteiger partial charge in [-0.15, -0.1) is 0 Å². The molecule has 0 spiro atoms. The van der Waals surface area contributed by atoms with Gasteiger partial charge in [-0.1, -0.05) is 18.2 Å². The van der Waals surface area contributed by atoms with Crippen LogP contribution < -0.4 is 4.67 Å². The fourth-order valence-corrected chi connectivity index (χ4v) is 3.18. The van der Waals surface area contributed by atoms with Crippen molar-refractivity contribution in [3.05, 3.63) is 30.5 Å². The Morgan fingerprint density at radius 3 is 2.55 bits per heavy atom. The molecule has 1 aromatic heterocycles. The van der Waals surface area contributed by atoms with E-state index in [0.29, 0.717) is 10.9 Å². The Hall–Kier alpha value is -2.31. The van der Waals surface area contributed by atoms with Gasteiger partial charge in [0.1, 0.15) is 6.04 Å². The molecule has 2 rings (SSSR count). The lowest BCUT2D eigenvalue weighted by Gasteiger charge is -2.27. The first-order valence-corrected chi connectivity index (χ1v) is 7.75. The second-order valence-corrected chi connectivity index (χ2v) is 5.71. The molecule has 1 heterocycles. The van der Waals surface area contributed by atoms with Crippen molar-refractivity contribution in [1.82, 2.24) is 4.98 Å². The first-order valence-electron chi connectivity index (χ1n) is 6.44. The number of hydrogen-bond donors (Lipinski definition) is 4. The van der Waals surface area contributed by atoms with Gasteiger partial charge in [0.05, 0.1) is 5.69 Å². The molecule has 0 saturated heterocycles. The SMILES string of the molecule is O=C(O)CCC(C(=O)O)N(c1c[nH]c2ccccc12)[PH](=O)O. The van der Waals surface area contributed by atoms with E-state index in [1.807, 2.05) is 0 Å². The Kier molecular flexibility index (Phi) is 4.85. The summed E-state index contributed by atoms with van der Waals surface area (Å²) in [5.41, 5.74) is 0.952. The Bertz CT molecular complexity index is 728. The average molecular weight is 326 g/mol. The number of carboxylic acid groups (broad SMARTS) is 2. The monoisotopic (exact) mass is 326 g/mol. The molecule has 0 fully saturated rings. The number of anilines is 1. The second-order valence-electron chi connectivity index (χ2n) is 4.66. The number of fused-ring (bicyclic) bond motifs is 1. The predicted octanol–water partition coefficient (Wildman–Crippen LogP) is 1.67. The van der Waals surface area contributed by atoms with Gasteiger partial charge in [-0.05, 0) is 12.5 Å². The minimum Gasteiger partial charge on any atom is -0.481 e. The summed E-state index contributed by atoms with van der Waals surface area (Å²) in [6, 6.07) is 5.54. The van der Waals surface area contributed by atoms with E-state index in [4.69, 9.17) is 5.11 Å². The third kappa shape index (κ3) is 3.29. The Labute approximate surface area is 125 Å². The highest BCUT2D eigenvalue weighted by Gasteiger charge is 2.31. The largest absolute Gasteiger partial charge is 0.481 e.